The normalized spacial score (nSPS) is 15.6. The summed E-state index contributed by atoms with van der Waals surface area (Å²) >= 11 is 1.78. The quantitative estimate of drug-likeness (QED) is 0.565. The van der Waals surface area contributed by atoms with Crippen LogP contribution in [-0.2, 0) is 0 Å². The molecule has 0 unspecified atom stereocenters. The summed E-state index contributed by atoms with van der Waals surface area (Å²) < 4.78 is 0. The van der Waals surface area contributed by atoms with Crippen LogP contribution >= 0.6 is 11.8 Å². The molecule has 1 aliphatic rings. The molecule has 144 valence electrons. The highest BCUT2D eigenvalue weighted by atomic mass is 32.2. The van der Waals surface area contributed by atoms with E-state index in [1.807, 2.05) is 0 Å². The molecule has 4 heteroatoms. The van der Waals surface area contributed by atoms with Crippen molar-refractivity contribution in [3.8, 4) is 0 Å². The molecule has 0 spiro atoms. The van der Waals surface area contributed by atoms with Gasteiger partial charge in [0.25, 0.3) is 0 Å². The summed E-state index contributed by atoms with van der Waals surface area (Å²) in [6.45, 7) is 7.40. The van der Waals surface area contributed by atoms with Gasteiger partial charge in [-0.3, -0.25) is 4.90 Å². The third-order valence-corrected chi connectivity index (χ3v) is 6.10. The zero-order chi connectivity index (χ0) is 19.3. The van der Waals surface area contributed by atoms with Gasteiger partial charge in [-0.05, 0) is 48.6 Å². The van der Waals surface area contributed by atoms with E-state index in [9.17, 15) is 0 Å². The Balaban J connectivity index is 1.39. The number of piperazine rings is 1. The molecule has 4 rings (SSSR count). The summed E-state index contributed by atoms with van der Waals surface area (Å²) in [6.07, 6.45) is 6.60. The summed E-state index contributed by atoms with van der Waals surface area (Å²) in [5.41, 5.74) is 3.67. The Bertz CT molecular complexity index is 960. The Hall–Kier alpha value is -2.30. The molecule has 1 saturated heterocycles. The van der Waals surface area contributed by atoms with Crippen LogP contribution in [0.3, 0.4) is 0 Å². The van der Waals surface area contributed by atoms with E-state index in [-0.39, 0.29) is 0 Å². The van der Waals surface area contributed by atoms with Crippen LogP contribution in [0.5, 0.6) is 0 Å². The number of aryl methyl sites for hydroxylation is 1. The van der Waals surface area contributed by atoms with Gasteiger partial charge in [-0.25, -0.2) is 4.98 Å². The van der Waals surface area contributed by atoms with Crippen molar-refractivity contribution in [1.82, 2.24) is 9.88 Å². The molecule has 2 heterocycles. The van der Waals surface area contributed by atoms with Gasteiger partial charge in [-0.2, -0.15) is 0 Å². The van der Waals surface area contributed by atoms with Crippen LogP contribution < -0.4 is 4.90 Å². The van der Waals surface area contributed by atoms with E-state index in [1.165, 1.54) is 21.4 Å². The molecular weight excluding hydrogens is 362 g/mol. The molecule has 0 radical (unpaired) electrons. The number of benzene rings is 2. The van der Waals surface area contributed by atoms with Crippen LogP contribution in [0.25, 0.3) is 17.0 Å². The van der Waals surface area contributed by atoms with E-state index in [1.54, 1.807) is 11.8 Å². The number of pyridine rings is 1. The van der Waals surface area contributed by atoms with Gasteiger partial charge in [-0.1, -0.05) is 42.5 Å². The molecule has 3 aromatic rings. The van der Waals surface area contributed by atoms with E-state index in [0.29, 0.717) is 0 Å². The molecule has 28 heavy (non-hydrogen) atoms. The van der Waals surface area contributed by atoms with Gasteiger partial charge in [0, 0.05) is 43.0 Å². The average molecular weight is 390 g/mol. The second-order valence-corrected chi connectivity index (χ2v) is 8.16. The third-order valence-electron chi connectivity index (χ3n) is 5.38. The van der Waals surface area contributed by atoms with Gasteiger partial charge in [0.1, 0.15) is 5.82 Å². The van der Waals surface area contributed by atoms with Crippen LogP contribution in [0.2, 0.25) is 0 Å². The van der Waals surface area contributed by atoms with Crippen molar-refractivity contribution in [2.75, 3.05) is 43.9 Å². The van der Waals surface area contributed by atoms with Crippen molar-refractivity contribution in [3.05, 3.63) is 71.8 Å². The summed E-state index contributed by atoms with van der Waals surface area (Å²) in [4.78, 5) is 11.2. The molecule has 3 nitrogen and oxygen atoms in total. The van der Waals surface area contributed by atoms with E-state index in [4.69, 9.17) is 4.98 Å². The van der Waals surface area contributed by atoms with Gasteiger partial charge in [0.2, 0.25) is 0 Å². The van der Waals surface area contributed by atoms with Crippen LogP contribution in [-0.4, -0.2) is 48.9 Å². The van der Waals surface area contributed by atoms with Gasteiger partial charge in [-0.15, -0.1) is 11.8 Å². The monoisotopic (exact) mass is 389 g/mol. The summed E-state index contributed by atoms with van der Waals surface area (Å²) in [5.74, 6) is 1.11. The number of rotatable bonds is 5. The molecule has 1 aromatic heterocycles. The maximum atomic E-state index is 4.95. The molecule has 1 fully saturated rings. The lowest BCUT2D eigenvalue weighted by Crippen LogP contribution is -2.46. The zero-order valence-electron chi connectivity index (χ0n) is 16.6. The highest BCUT2D eigenvalue weighted by Gasteiger charge is 2.18. The first-order valence-corrected chi connectivity index (χ1v) is 11.1. The maximum absolute atomic E-state index is 4.95. The van der Waals surface area contributed by atoms with Crippen molar-refractivity contribution in [2.24, 2.45) is 0 Å². The van der Waals surface area contributed by atoms with E-state index < -0.39 is 0 Å². The molecule has 2 aromatic carbocycles. The molecule has 1 aliphatic heterocycles. The second kappa shape index (κ2) is 8.80. The van der Waals surface area contributed by atoms with Gasteiger partial charge in [0.15, 0.2) is 0 Å². The Morgan fingerprint density at radius 1 is 1.00 bits per heavy atom. The minimum absolute atomic E-state index is 1.00. The first-order valence-electron chi connectivity index (χ1n) is 9.87. The topological polar surface area (TPSA) is 19.4 Å². The molecule has 0 aliphatic carbocycles. The largest absolute Gasteiger partial charge is 0.354 e. The Morgan fingerprint density at radius 2 is 1.79 bits per heavy atom. The SMILES string of the molecule is CSc1ccc2nc(N3CCN(CC=Cc4ccccc4)CC3)cc(C)c2c1. The van der Waals surface area contributed by atoms with Crippen molar-refractivity contribution in [3.63, 3.8) is 0 Å². The molecule has 0 amide bonds. The number of hydrogen-bond donors (Lipinski definition) is 0. The molecule has 0 saturated carbocycles. The van der Waals surface area contributed by atoms with Crippen molar-refractivity contribution < 1.29 is 0 Å². The maximum Gasteiger partial charge on any atom is 0.129 e. The lowest BCUT2D eigenvalue weighted by Gasteiger charge is -2.35. The van der Waals surface area contributed by atoms with Gasteiger partial charge in [0.05, 0.1) is 5.52 Å². The Morgan fingerprint density at radius 3 is 2.54 bits per heavy atom. The smallest absolute Gasteiger partial charge is 0.129 e. The number of thioether (sulfide) groups is 1. The van der Waals surface area contributed by atoms with Crippen molar-refractivity contribution in [2.45, 2.75) is 11.8 Å². The lowest BCUT2D eigenvalue weighted by atomic mass is 10.1. The van der Waals surface area contributed by atoms with Crippen LogP contribution in [0.15, 0.2) is 65.6 Å². The van der Waals surface area contributed by atoms with Crippen molar-refractivity contribution in [1.29, 1.82) is 0 Å². The average Bonchev–Trinajstić information content (AvgIpc) is 2.75. The third kappa shape index (κ3) is 4.40. The number of aromatic nitrogens is 1. The first kappa shape index (κ1) is 19.0. The standard InChI is InChI=1S/C24H27N3S/c1-19-17-24(25-23-11-10-21(28-2)18-22(19)23)27-15-13-26(14-16-27)12-6-9-20-7-4-3-5-8-20/h3-11,17-18H,12-16H2,1-2H3. The lowest BCUT2D eigenvalue weighted by molar-refractivity contribution is 0.284. The van der Waals surface area contributed by atoms with Crippen LogP contribution in [0.1, 0.15) is 11.1 Å². The van der Waals surface area contributed by atoms with E-state index >= 15 is 0 Å². The Labute approximate surface area is 172 Å². The fraction of sp³-hybridized carbons (Fsp3) is 0.292. The number of anilines is 1. The fourth-order valence-corrected chi connectivity index (χ4v) is 4.15. The predicted octanol–water partition coefficient (Wildman–Crippen LogP) is 5.10. The minimum Gasteiger partial charge on any atom is -0.354 e. The van der Waals surface area contributed by atoms with Crippen LogP contribution in [0, 0.1) is 6.92 Å². The van der Waals surface area contributed by atoms with Crippen LogP contribution in [0.4, 0.5) is 5.82 Å². The van der Waals surface area contributed by atoms with Crippen molar-refractivity contribution >= 4 is 34.6 Å². The number of hydrogen-bond acceptors (Lipinski definition) is 4. The van der Waals surface area contributed by atoms with Gasteiger partial charge < -0.3 is 4.90 Å². The zero-order valence-corrected chi connectivity index (χ0v) is 17.5. The Kier molecular flexibility index (Phi) is 5.98. The summed E-state index contributed by atoms with van der Waals surface area (Å²) in [6, 6.07) is 19.3. The highest BCUT2D eigenvalue weighted by molar-refractivity contribution is 7.98. The first-order chi connectivity index (χ1) is 13.7. The van der Waals surface area contributed by atoms with Gasteiger partial charge >= 0.3 is 0 Å². The number of nitrogens with zero attached hydrogens (tertiary/aromatic N) is 3. The highest BCUT2D eigenvalue weighted by Crippen LogP contribution is 2.27. The molecule has 0 N–H and O–H groups in total. The summed E-state index contributed by atoms with van der Waals surface area (Å²) in [7, 11) is 0. The predicted molar refractivity (Wildman–Crippen MR) is 122 cm³/mol. The molecular formula is C24H27N3S. The number of fused-ring (bicyclic) bond motifs is 1. The van der Waals surface area contributed by atoms with E-state index in [2.05, 4.69) is 89.7 Å². The molecule has 0 bridgehead atoms. The minimum atomic E-state index is 1.00. The molecule has 0 atom stereocenters. The van der Waals surface area contributed by atoms with E-state index in [0.717, 1.165) is 44.1 Å². The fourth-order valence-electron chi connectivity index (χ4n) is 3.71. The summed E-state index contributed by atoms with van der Waals surface area (Å²) in [5, 5.41) is 1.26. The second-order valence-electron chi connectivity index (χ2n) is 7.28.